The SMILES string of the molecule is CCc1nc(N2CCCCCC2CC)sc1C=O. The molecule has 0 aliphatic carbocycles. The van der Waals surface area contributed by atoms with Crippen LogP contribution in [0.5, 0.6) is 0 Å². The topological polar surface area (TPSA) is 33.2 Å². The molecule has 1 unspecified atom stereocenters. The van der Waals surface area contributed by atoms with Gasteiger partial charge >= 0.3 is 0 Å². The number of hydrogen-bond acceptors (Lipinski definition) is 4. The predicted molar refractivity (Wildman–Crippen MR) is 76.8 cm³/mol. The lowest BCUT2D eigenvalue weighted by Gasteiger charge is -2.28. The van der Waals surface area contributed by atoms with E-state index >= 15 is 0 Å². The molecule has 0 amide bonds. The first-order valence-electron chi connectivity index (χ1n) is 7.01. The lowest BCUT2D eigenvalue weighted by atomic mass is 10.1. The van der Waals surface area contributed by atoms with E-state index in [1.165, 1.54) is 25.7 Å². The van der Waals surface area contributed by atoms with Gasteiger partial charge in [0.05, 0.1) is 10.6 Å². The van der Waals surface area contributed by atoms with Crippen LogP contribution >= 0.6 is 11.3 Å². The number of aromatic nitrogens is 1. The fourth-order valence-electron chi connectivity index (χ4n) is 2.67. The first-order chi connectivity index (χ1) is 8.80. The van der Waals surface area contributed by atoms with Crippen molar-refractivity contribution in [1.29, 1.82) is 0 Å². The summed E-state index contributed by atoms with van der Waals surface area (Å²) in [5.74, 6) is 0. The molecule has 1 aliphatic heterocycles. The van der Waals surface area contributed by atoms with Crippen molar-refractivity contribution in [2.45, 2.75) is 58.4 Å². The molecule has 1 aromatic heterocycles. The van der Waals surface area contributed by atoms with Crippen molar-refractivity contribution in [2.75, 3.05) is 11.4 Å². The van der Waals surface area contributed by atoms with E-state index < -0.39 is 0 Å². The maximum absolute atomic E-state index is 11.1. The molecule has 0 bridgehead atoms. The van der Waals surface area contributed by atoms with Gasteiger partial charge in [-0.2, -0.15) is 0 Å². The van der Waals surface area contributed by atoms with Gasteiger partial charge in [0.15, 0.2) is 11.4 Å². The molecule has 1 atom stereocenters. The number of carbonyl (C=O) groups excluding carboxylic acids is 1. The number of anilines is 1. The van der Waals surface area contributed by atoms with Crippen molar-refractivity contribution < 1.29 is 4.79 Å². The van der Waals surface area contributed by atoms with Crippen LogP contribution in [-0.2, 0) is 6.42 Å². The Bertz CT molecular complexity index is 402. The second-order valence-electron chi connectivity index (χ2n) is 4.88. The minimum absolute atomic E-state index is 0.600. The van der Waals surface area contributed by atoms with E-state index in [2.05, 4.69) is 23.7 Å². The normalized spacial score (nSPS) is 20.8. The van der Waals surface area contributed by atoms with Gasteiger partial charge in [0.2, 0.25) is 0 Å². The Balaban J connectivity index is 2.26. The lowest BCUT2D eigenvalue weighted by molar-refractivity contribution is 0.112. The number of thiazole rings is 1. The van der Waals surface area contributed by atoms with E-state index in [1.807, 2.05) is 0 Å². The fourth-order valence-corrected chi connectivity index (χ4v) is 3.74. The minimum Gasteiger partial charge on any atom is -0.345 e. The molecule has 0 saturated carbocycles. The number of nitrogens with zero attached hydrogens (tertiary/aromatic N) is 2. The number of rotatable bonds is 4. The monoisotopic (exact) mass is 266 g/mol. The Morgan fingerprint density at radius 2 is 2.22 bits per heavy atom. The molecular weight excluding hydrogens is 244 g/mol. The van der Waals surface area contributed by atoms with Crippen LogP contribution in [0.15, 0.2) is 0 Å². The van der Waals surface area contributed by atoms with Crippen molar-refractivity contribution in [3.05, 3.63) is 10.6 Å². The maximum Gasteiger partial charge on any atom is 0.186 e. The van der Waals surface area contributed by atoms with Crippen LogP contribution < -0.4 is 4.90 Å². The summed E-state index contributed by atoms with van der Waals surface area (Å²) in [4.78, 5) is 19.0. The molecule has 0 spiro atoms. The van der Waals surface area contributed by atoms with Gasteiger partial charge in [-0.15, -0.1) is 0 Å². The highest BCUT2D eigenvalue weighted by atomic mass is 32.1. The van der Waals surface area contributed by atoms with Crippen molar-refractivity contribution in [2.24, 2.45) is 0 Å². The van der Waals surface area contributed by atoms with Crippen LogP contribution in [0.1, 0.15) is 61.3 Å². The molecule has 0 radical (unpaired) electrons. The Labute approximate surface area is 113 Å². The van der Waals surface area contributed by atoms with E-state index in [4.69, 9.17) is 0 Å². The van der Waals surface area contributed by atoms with Gasteiger partial charge in [0.25, 0.3) is 0 Å². The summed E-state index contributed by atoms with van der Waals surface area (Å²) in [6.45, 7) is 5.40. The van der Waals surface area contributed by atoms with E-state index in [-0.39, 0.29) is 0 Å². The van der Waals surface area contributed by atoms with Gasteiger partial charge in [-0.3, -0.25) is 4.79 Å². The van der Waals surface area contributed by atoms with Crippen molar-refractivity contribution in [3.8, 4) is 0 Å². The zero-order valence-electron chi connectivity index (χ0n) is 11.3. The van der Waals surface area contributed by atoms with Crippen LogP contribution in [0.3, 0.4) is 0 Å². The average Bonchev–Trinajstić information content (AvgIpc) is 2.67. The third kappa shape index (κ3) is 2.74. The average molecular weight is 266 g/mol. The maximum atomic E-state index is 11.1. The summed E-state index contributed by atoms with van der Waals surface area (Å²) in [5.41, 5.74) is 0.962. The van der Waals surface area contributed by atoms with Crippen molar-refractivity contribution in [3.63, 3.8) is 0 Å². The van der Waals surface area contributed by atoms with Gasteiger partial charge in [0, 0.05) is 12.6 Å². The smallest absolute Gasteiger partial charge is 0.186 e. The largest absolute Gasteiger partial charge is 0.345 e. The highest BCUT2D eigenvalue weighted by molar-refractivity contribution is 7.17. The van der Waals surface area contributed by atoms with E-state index in [0.717, 1.165) is 41.4 Å². The number of hydrogen-bond donors (Lipinski definition) is 0. The van der Waals surface area contributed by atoms with Crippen molar-refractivity contribution >= 4 is 22.8 Å². The summed E-state index contributed by atoms with van der Waals surface area (Å²) >= 11 is 1.57. The Morgan fingerprint density at radius 1 is 1.39 bits per heavy atom. The molecule has 0 N–H and O–H groups in total. The van der Waals surface area contributed by atoms with Crippen LogP contribution in [0.25, 0.3) is 0 Å². The molecule has 18 heavy (non-hydrogen) atoms. The zero-order valence-corrected chi connectivity index (χ0v) is 12.1. The predicted octanol–water partition coefficient (Wildman–Crippen LogP) is 3.68. The van der Waals surface area contributed by atoms with Gasteiger partial charge in [-0.1, -0.05) is 38.0 Å². The zero-order chi connectivity index (χ0) is 13.0. The minimum atomic E-state index is 0.600. The molecular formula is C14H22N2OS. The molecule has 2 heterocycles. The molecule has 2 rings (SSSR count). The lowest BCUT2D eigenvalue weighted by Crippen LogP contribution is -2.34. The standard InChI is InChI=1S/C14H22N2OS/c1-3-11-8-6-5-7-9-16(11)14-15-12(4-2)13(10-17)18-14/h10-11H,3-9H2,1-2H3. The van der Waals surface area contributed by atoms with Gasteiger partial charge in [-0.25, -0.2) is 4.98 Å². The highest BCUT2D eigenvalue weighted by Crippen LogP contribution is 2.31. The Morgan fingerprint density at radius 3 is 2.83 bits per heavy atom. The summed E-state index contributed by atoms with van der Waals surface area (Å²) in [6.07, 6.45) is 8.11. The van der Waals surface area contributed by atoms with Crippen molar-refractivity contribution in [1.82, 2.24) is 4.98 Å². The first-order valence-corrected chi connectivity index (χ1v) is 7.83. The van der Waals surface area contributed by atoms with E-state index in [0.29, 0.717) is 6.04 Å². The van der Waals surface area contributed by atoms with E-state index in [9.17, 15) is 4.79 Å². The van der Waals surface area contributed by atoms with Crippen LogP contribution in [0, 0.1) is 0 Å². The van der Waals surface area contributed by atoms with Crippen LogP contribution in [0.2, 0.25) is 0 Å². The summed E-state index contributed by atoms with van der Waals surface area (Å²) < 4.78 is 0. The summed E-state index contributed by atoms with van der Waals surface area (Å²) in [6, 6.07) is 0.600. The quantitative estimate of drug-likeness (QED) is 0.779. The van der Waals surface area contributed by atoms with Crippen LogP contribution in [0.4, 0.5) is 5.13 Å². The second kappa shape index (κ2) is 6.32. The molecule has 1 aliphatic rings. The molecule has 4 heteroatoms. The number of aldehydes is 1. The third-order valence-corrected chi connectivity index (χ3v) is 4.81. The Hall–Kier alpha value is -0.900. The van der Waals surface area contributed by atoms with E-state index in [1.54, 1.807) is 11.3 Å². The van der Waals surface area contributed by atoms with Gasteiger partial charge in [-0.05, 0) is 25.7 Å². The highest BCUT2D eigenvalue weighted by Gasteiger charge is 2.23. The van der Waals surface area contributed by atoms with Crippen LogP contribution in [-0.4, -0.2) is 23.9 Å². The summed E-state index contributed by atoms with van der Waals surface area (Å²) in [7, 11) is 0. The molecule has 0 aromatic carbocycles. The number of aryl methyl sites for hydroxylation is 1. The Kier molecular flexibility index (Phi) is 4.75. The molecule has 1 aromatic rings. The second-order valence-corrected chi connectivity index (χ2v) is 5.89. The fraction of sp³-hybridized carbons (Fsp3) is 0.714. The molecule has 3 nitrogen and oxygen atoms in total. The van der Waals surface area contributed by atoms with Gasteiger partial charge in [0.1, 0.15) is 0 Å². The first kappa shape index (κ1) is 13.5. The third-order valence-electron chi connectivity index (χ3n) is 3.75. The summed E-state index contributed by atoms with van der Waals surface area (Å²) in [5, 5.41) is 1.06. The number of carbonyl (C=O) groups is 1. The molecule has 1 saturated heterocycles. The molecule has 100 valence electrons. The molecule has 1 fully saturated rings. The van der Waals surface area contributed by atoms with Gasteiger partial charge < -0.3 is 4.90 Å².